The fourth-order valence-electron chi connectivity index (χ4n) is 2.33. The van der Waals surface area contributed by atoms with Gasteiger partial charge < -0.3 is 15.1 Å². The van der Waals surface area contributed by atoms with Gasteiger partial charge in [-0.1, -0.05) is 30.3 Å². The van der Waals surface area contributed by atoms with Gasteiger partial charge in [0.25, 0.3) is 0 Å². The van der Waals surface area contributed by atoms with Crippen molar-refractivity contribution in [2.45, 2.75) is 13.3 Å². The third-order valence-corrected chi connectivity index (χ3v) is 3.70. The fourth-order valence-corrected chi connectivity index (χ4v) is 2.33. The molecule has 1 N–H and O–H groups in total. The molecule has 0 atom stereocenters. The van der Waals surface area contributed by atoms with Crippen molar-refractivity contribution < 1.29 is 0 Å². The molecule has 2 rings (SSSR count). The Bertz CT molecular complexity index is 571. The van der Waals surface area contributed by atoms with E-state index in [-0.39, 0.29) is 0 Å². The van der Waals surface area contributed by atoms with Gasteiger partial charge in [0.15, 0.2) is 0 Å². The van der Waals surface area contributed by atoms with E-state index in [2.05, 4.69) is 70.4 Å². The van der Waals surface area contributed by atoms with Gasteiger partial charge in [-0.05, 0) is 39.1 Å². The molecule has 0 bridgehead atoms. The lowest BCUT2D eigenvalue weighted by Gasteiger charge is -2.24. The van der Waals surface area contributed by atoms with Crippen LogP contribution in [0.2, 0.25) is 0 Å². The van der Waals surface area contributed by atoms with Gasteiger partial charge in [-0.15, -0.1) is 0 Å². The molecule has 0 saturated heterocycles. The molecule has 0 aliphatic carbocycles. The maximum Gasteiger partial charge on any atom is 0.224 e. The second-order valence-corrected chi connectivity index (χ2v) is 5.78. The number of rotatable bonds is 9. The third kappa shape index (κ3) is 5.87. The van der Waals surface area contributed by atoms with Crippen LogP contribution in [0.1, 0.15) is 12.5 Å². The smallest absolute Gasteiger partial charge is 0.224 e. The van der Waals surface area contributed by atoms with Crippen molar-refractivity contribution in [3.05, 3.63) is 48.2 Å². The summed E-state index contributed by atoms with van der Waals surface area (Å²) in [6.07, 6.45) is 2.79. The van der Waals surface area contributed by atoms with Gasteiger partial charge >= 0.3 is 0 Å². The molecule has 23 heavy (non-hydrogen) atoms. The molecule has 2 aromatic rings. The highest BCUT2D eigenvalue weighted by Crippen LogP contribution is 2.12. The molecule has 0 saturated carbocycles. The number of likely N-dealkylation sites (N-methyl/N-ethyl adjacent to an activating group) is 2. The quantitative estimate of drug-likeness (QED) is 0.770. The average molecular weight is 313 g/mol. The zero-order valence-electron chi connectivity index (χ0n) is 14.4. The molecule has 0 aliphatic heterocycles. The van der Waals surface area contributed by atoms with E-state index in [0.717, 1.165) is 38.4 Å². The van der Waals surface area contributed by atoms with Crippen LogP contribution in [-0.4, -0.2) is 55.1 Å². The minimum absolute atomic E-state index is 0.696. The highest BCUT2D eigenvalue weighted by molar-refractivity contribution is 5.42. The molecule has 1 aromatic carbocycles. The highest BCUT2D eigenvalue weighted by atomic mass is 15.2. The lowest BCUT2D eigenvalue weighted by molar-refractivity contribution is 0.413. The summed E-state index contributed by atoms with van der Waals surface area (Å²) in [4.78, 5) is 13.4. The van der Waals surface area contributed by atoms with Crippen LogP contribution in [0.4, 0.5) is 11.8 Å². The van der Waals surface area contributed by atoms with Gasteiger partial charge in [-0.3, -0.25) is 0 Å². The molecule has 0 fully saturated rings. The van der Waals surface area contributed by atoms with E-state index in [4.69, 9.17) is 0 Å². The molecular weight excluding hydrogens is 286 g/mol. The first kappa shape index (κ1) is 17.2. The zero-order valence-corrected chi connectivity index (χ0v) is 14.4. The Hall–Kier alpha value is -2.14. The summed E-state index contributed by atoms with van der Waals surface area (Å²) in [5, 5.41) is 3.32. The molecule has 1 aromatic heterocycles. The van der Waals surface area contributed by atoms with Crippen LogP contribution in [-0.2, 0) is 6.42 Å². The summed E-state index contributed by atoms with van der Waals surface area (Å²) < 4.78 is 0. The molecule has 0 spiro atoms. The van der Waals surface area contributed by atoms with Crippen molar-refractivity contribution >= 4 is 11.8 Å². The Kier molecular flexibility index (Phi) is 6.81. The van der Waals surface area contributed by atoms with Crippen LogP contribution in [0.25, 0.3) is 0 Å². The largest absolute Gasteiger partial charge is 0.355 e. The number of nitrogens with one attached hydrogen (secondary N) is 1. The van der Waals surface area contributed by atoms with Crippen molar-refractivity contribution in [3.63, 3.8) is 0 Å². The molecule has 5 heteroatoms. The van der Waals surface area contributed by atoms with Crippen LogP contribution < -0.4 is 10.2 Å². The number of nitrogens with zero attached hydrogens (tertiary/aromatic N) is 4. The number of aromatic nitrogens is 2. The van der Waals surface area contributed by atoms with E-state index in [9.17, 15) is 0 Å². The third-order valence-electron chi connectivity index (χ3n) is 3.70. The van der Waals surface area contributed by atoms with E-state index in [1.165, 1.54) is 5.56 Å². The molecule has 0 aliphatic rings. The first-order valence-corrected chi connectivity index (χ1v) is 8.19. The molecule has 1 heterocycles. The Labute approximate surface area is 139 Å². The van der Waals surface area contributed by atoms with Crippen molar-refractivity contribution in [3.8, 4) is 0 Å². The van der Waals surface area contributed by atoms with E-state index in [1.807, 2.05) is 18.3 Å². The van der Waals surface area contributed by atoms with Crippen LogP contribution in [0.3, 0.4) is 0 Å². The molecule has 0 radical (unpaired) electrons. The SMILES string of the molecule is CCN(CCN(C)C)c1ccnc(NCCc2ccccc2)n1. The number of anilines is 2. The highest BCUT2D eigenvalue weighted by Gasteiger charge is 2.07. The van der Waals surface area contributed by atoms with E-state index in [0.29, 0.717) is 5.95 Å². The van der Waals surface area contributed by atoms with Gasteiger partial charge in [0.1, 0.15) is 5.82 Å². The van der Waals surface area contributed by atoms with E-state index >= 15 is 0 Å². The average Bonchev–Trinajstić information content (AvgIpc) is 2.57. The molecule has 5 nitrogen and oxygen atoms in total. The minimum atomic E-state index is 0.696. The van der Waals surface area contributed by atoms with Gasteiger partial charge in [-0.25, -0.2) is 4.98 Å². The van der Waals surface area contributed by atoms with Gasteiger partial charge in [0, 0.05) is 32.4 Å². The predicted molar refractivity (Wildman–Crippen MR) is 97.1 cm³/mol. The topological polar surface area (TPSA) is 44.3 Å². The maximum atomic E-state index is 4.64. The van der Waals surface area contributed by atoms with Crippen molar-refractivity contribution in [1.29, 1.82) is 0 Å². The fraction of sp³-hybridized carbons (Fsp3) is 0.444. The summed E-state index contributed by atoms with van der Waals surface area (Å²) in [6.45, 7) is 5.89. The predicted octanol–water partition coefficient (Wildman–Crippen LogP) is 2.52. The van der Waals surface area contributed by atoms with Gasteiger partial charge in [-0.2, -0.15) is 4.98 Å². The second kappa shape index (κ2) is 9.10. The summed E-state index contributed by atoms with van der Waals surface area (Å²) in [5.74, 6) is 1.67. The first-order valence-electron chi connectivity index (χ1n) is 8.19. The monoisotopic (exact) mass is 313 g/mol. The first-order chi connectivity index (χ1) is 11.2. The Morgan fingerprint density at radius 1 is 1.04 bits per heavy atom. The Balaban J connectivity index is 1.90. The number of benzene rings is 1. The van der Waals surface area contributed by atoms with Crippen LogP contribution >= 0.6 is 0 Å². The summed E-state index contributed by atoms with van der Waals surface area (Å²) >= 11 is 0. The molecule has 124 valence electrons. The Morgan fingerprint density at radius 3 is 2.52 bits per heavy atom. The van der Waals surface area contributed by atoms with Gasteiger partial charge in [0.2, 0.25) is 5.95 Å². The maximum absolute atomic E-state index is 4.64. The summed E-state index contributed by atoms with van der Waals surface area (Å²) in [7, 11) is 4.18. The normalized spacial score (nSPS) is 10.8. The molecule has 0 unspecified atom stereocenters. The standard InChI is InChI=1S/C18H27N5/c1-4-23(15-14-22(2)3)17-11-13-20-18(21-17)19-12-10-16-8-6-5-7-9-16/h5-9,11,13H,4,10,12,14-15H2,1-3H3,(H,19,20,21). The molecule has 0 amide bonds. The lowest BCUT2D eigenvalue weighted by Crippen LogP contribution is -2.32. The van der Waals surface area contributed by atoms with Crippen molar-refractivity contribution in [1.82, 2.24) is 14.9 Å². The Morgan fingerprint density at radius 2 is 1.83 bits per heavy atom. The number of hydrogen-bond donors (Lipinski definition) is 1. The van der Waals surface area contributed by atoms with E-state index in [1.54, 1.807) is 0 Å². The van der Waals surface area contributed by atoms with E-state index < -0.39 is 0 Å². The lowest BCUT2D eigenvalue weighted by atomic mass is 10.1. The van der Waals surface area contributed by atoms with Crippen LogP contribution in [0.5, 0.6) is 0 Å². The minimum Gasteiger partial charge on any atom is -0.355 e. The second-order valence-electron chi connectivity index (χ2n) is 5.78. The van der Waals surface area contributed by atoms with Crippen LogP contribution in [0, 0.1) is 0 Å². The molecular formula is C18H27N5. The number of hydrogen-bond acceptors (Lipinski definition) is 5. The summed E-state index contributed by atoms with van der Waals surface area (Å²) in [6, 6.07) is 12.4. The summed E-state index contributed by atoms with van der Waals surface area (Å²) in [5.41, 5.74) is 1.32. The van der Waals surface area contributed by atoms with Crippen molar-refractivity contribution in [2.75, 3.05) is 50.5 Å². The van der Waals surface area contributed by atoms with Crippen molar-refractivity contribution in [2.24, 2.45) is 0 Å². The van der Waals surface area contributed by atoms with Crippen LogP contribution in [0.15, 0.2) is 42.6 Å². The zero-order chi connectivity index (χ0) is 16.5. The van der Waals surface area contributed by atoms with Gasteiger partial charge in [0.05, 0.1) is 0 Å².